The lowest BCUT2D eigenvalue weighted by Crippen LogP contribution is -2.30. The van der Waals surface area contributed by atoms with Crippen molar-refractivity contribution in [3.05, 3.63) is 48.6 Å². The van der Waals surface area contributed by atoms with Crippen molar-refractivity contribution in [2.24, 2.45) is 5.92 Å². The van der Waals surface area contributed by atoms with Crippen LogP contribution in [0.25, 0.3) is 0 Å². The summed E-state index contributed by atoms with van der Waals surface area (Å²) in [5.41, 5.74) is 0. The molecule has 0 unspecified atom stereocenters. The fourth-order valence-electron chi connectivity index (χ4n) is 6.47. The van der Waals surface area contributed by atoms with Gasteiger partial charge in [0.2, 0.25) is 0 Å². The molecule has 0 spiro atoms. The van der Waals surface area contributed by atoms with E-state index in [1.807, 2.05) is 18.2 Å². The van der Waals surface area contributed by atoms with Crippen LogP contribution in [0, 0.1) is 5.92 Å². The summed E-state index contributed by atoms with van der Waals surface area (Å²) in [5, 5.41) is 20.6. The maximum absolute atomic E-state index is 12.5. The van der Waals surface area contributed by atoms with Crippen LogP contribution in [-0.4, -0.2) is 63.5 Å². The Morgan fingerprint density at radius 1 is 0.534 bits per heavy atom. The number of phosphoric ester groups is 1. The topological polar surface area (TPSA) is 160 Å². The summed E-state index contributed by atoms with van der Waals surface area (Å²) >= 11 is 0. The zero-order valence-corrected chi connectivity index (χ0v) is 37.7. The van der Waals surface area contributed by atoms with E-state index >= 15 is 0 Å². The van der Waals surface area contributed by atoms with Crippen molar-refractivity contribution in [2.75, 3.05) is 13.2 Å². The van der Waals surface area contributed by atoms with Gasteiger partial charge in [0.05, 0.1) is 18.8 Å². The van der Waals surface area contributed by atoms with Gasteiger partial charge in [0.15, 0.2) is 6.10 Å². The molecule has 0 heterocycles. The fourth-order valence-corrected chi connectivity index (χ4v) is 6.83. The van der Waals surface area contributed by atoms with Crippen molar-refractivity contribution in [1.82, 2.24) is 0 Å². The molecule has 0 saturated carbocycles. The quantitative estimate of drug-likeness (QED) is 0.0202. The molecular formula is C47H85O10P. The Morgan fingerprint density at radius 2 is 0.966 bits per heavy atom. The first-order chi connectivity index (χ1) is 27.9. The smallest absolute Gasteiger partial charge is 0.462 e. The number of aliphatic hydroxyl groups is 2. The molecule has 0 amide bonds. The summed E-state index contributed by atoms with van der Waals surface area (Å²) in [6.07, 6.45) is 41.6. The maximum atomic E-state index is 12.5. The molecule has 0 aliphatic rings. The van der Waals surface area contributed by atoms with E-state index in [4.69, 9.17) is 19.3 Å². The van der Waals surface area contributed by atoms with E-state index in [1.54, 1.807) is 0 Å². The third-order valence-corrected chi connectivity index (χ3v) is 10.5. The highest BCUT2D eigenvalue weighted by Crippen LogP contribution is 2.36. The number of aliphatic hydroxyl groups excluding tert-OH is 2. The molecule has 0 radical (unpaired) electrons. The first-order valence-electron chi connectivity index (χ1n) is 23.0. The molecule has 0 aromatic rings. The second-order valence-corrected chi connectivity index (χ2v) is 17.4. The third-order valence-electron chi connectivity index (χ3n) is 9.99. The van der Waals surface area contributed by atoms with E-state index in [-0.39, 0.29) is 38.7 Å². The minimum absolute atomic E-state index is 0.104. The molecule has 0 fully saturated rings. The molecule has 3 atom stereocenters. The number of allylic oxidation sites excluding steroid dienone is 7. The van der Waals surface area contributed by atoms with Crippen LogP contribution >= 0.6 is 7.82 Å². The van der Waals surface area contributed by atoms with Crippen LogP contribution in [0.15, 0.2) is 48.6 Å². The van der Waals surface area contributed by atoms with E-state index in [2.05, 4.69) is 55.7 Å². The number of esters is 2. The Bertz CT molecular complexity index is 1130. The first-order valence-corrected chi connectivity index (χ1v) is 24.5. The van der Waals surface area contributed by atoms with Gasteiger partial charge >= 0.3 is 19.8 Å². The molecular weight excluding hydrogens is 755 g/mol. The van der Waals surface area contributed by atoms with Gasteiger partial charge in [-0.3, -0.25) is 14.1 Å². The van der Waals surface area contributed by atoms with Crippen LogP contribution in [0.3, 0.4) is 0 Å². The summed E-state index contributed by atoms with van der Waals surface area (Å²) in [5.74, 6) is -0.328. The molecule has 0 bridgehead atoms. The SMILES string of the molecule is CC/C=C\C/C=C\C/C=C\C/C=C\C[C@@H](O)[C@H](O)CCCC(=O)O[C@H](COC(=O)CCCCCCCCCCCCCCCCCCCCC(C)C)COP(=O)(O)O. The third kappa shape index (κ3) is 42.1. The largest absolute Gasteiger partial charge is 0.469 e. The van der Waals surface area contributed by atoms with Crippen molar-refractivity contribution in [3.63, 3.8) is 0 Å². The number of unbranched alkanes of at least 4 members (excludes halogenated alkanes) is 17. The van der Waals surface area contributed by atoms with Crippen LogP contribution < -0.4 is 0 Å². The van der Waals surface area contributed by atoms with E-state index in [1.165, 1.54) is 96.3 Å². The van der Waals surface area contributed by atoms with Gasteiger partial charge in [-0.1, -0.05) is 185 Å². The molecule has 0 aliphatic carbocycles. The summed E-state index contributed by atoms with van der Waals surface area (Å²) in [6, 6.07) is 0. The highest BCUT2D eigenvalue weighted by molar-refractivity contribution is 7.46. The Labute approximate surface area is 353 Å². The van der Waals surface area contributed by atoms with Crippen LogP contribution in [0.2, 0.25) is 0 Å². The minimum Gasteiger partial charge on any atom is -0.462 e. The lowest BCUT2D eigenvalue weighted by molar-refractivity contribution is -0.161. The van der Waals surface area contributed by atoms with Crippen LogP contribution in [0.1, 0.15) is 201 Å². The van der Waals surface area contributed by atoms with Crippen molar-refractivity contribution in [3.8, 4) is 0 Å². The van der Waals surface area contributed by atoms with Gasteiger partial charge < -0.3 is 29.5 Å². The summed E-state index contributed by atoms with van der Waals surface area (Å²) < 4.78 is 26.3. The lowest BCUT2D eigenvalue weighted by atomic mass is 10.0. The standard InChI is InChI=1S/C47H85O10P/c1-4-5-6-7-8-9-10-20-23-26-29-32-36-44(48)45(49)37-34-39-47(51)57-43(41-56-58(52,53)54)40-55-46(50)38-33-30-27-24-21-18-16-14-12-11-13-15-17-19-22-25-28-31-35-42(2)3/h5-6,8-9,20,23,29,32,42-45,48-49H,4,7,10-19,21-22,24-28,30-31,33-41H2,1-3H3,(H2,52,53,54)/b6-5-,9-8-,23-20-,32-29-/t43-,44-,45-/m1/s1. The van der Waals surface area contributed by atoms with Gasteiger partial charge in [-0.2, -0.15) is 0 Å². The second-order valence-electron chi connectivity index (χ2n) is 16.1. The van der Waals surface area contributed by atoms with Crippen LogP contribution in [0.5, 0.6) is 0 Å². The second kappa shape index (κ2) is 40.3. The number of rotatable bonds is 41. The highest BCUT2D eigenvalue weighted by Gasteiger charge is 2.23. The summed E-state index contributed by atoms with van der Waals surface area (Å²) in [6.45, 7) is 5.70. The Morgan fingerprint density at radius 3 is 1.43 bits per heavy atom. The minimum atomic E-state index is -4.84. The van der Waals surface area contributed by atoms with Crippen LogP contribution in [0.4, 0.5) is 0 Å². The number of phosphoric acid groups is 1. The first kappa shape index (κ1) is 55.9. The molecule has 11 heteroatoms. The Hall–Kier alpha value is -2.07. The van der Waals surface area contributed by atoms with E-state index in [0.29, 0.717) is 6.42 Å². The predicted octanol–water partition coefficient (Wildman–Crippen LogP) is 12.1. The van der Waals surface area contributed by atoms with Crippen LogP contribution in [-0.2, 0) is 28.2 Å². The Kier molecular flexibility index (Phi) is 38.9. The highest BCUT2D eigenvalue weighted by atomic mass is 31.2. The molecule has 0 rings (SSSR count). The van der Waals surface area contributed by atoms with Gasteiger partial charge in [-0.25, -0.2) is 4.57 Å². The molecule has 0 aromatic heterocycles. The van der Waals surface area contributed by atoms with Crippen molar-refractivity contribution < 1.29 is 48.2 Å². The molecule has 4 N–H and O–H groups in total. The monoisotopic (exact) mass is 841 g/mol. The number of ether oxygens (including phenoxy) is 2. The summed E-state index contributed by atoms with van der Waals surface area (Å²) in [4.78, 5) is 43.0. The zero-order chi connectivity index (χ0) is 43.0. The van der Waals surface area contributed by atoms with E-state index < -0.39 is 44.7 Å². The average Bonchev–Trinajstić information content (AvgIpc) is 3.17. The van der Waals surface area contributed by atoms with E-state index in [0.717, 1.165) is 50.9 Å². The Balaban J connectivity index is 4.06. The molecule has 0 aromatic carbocycles. The predicted molar refractivity (Wildman–Crippen MR) is 237 cm³/mol. The van der Waals surface area contributed by atoms with Gasteiger partial charge in [-0.05, 0) is 57.3 Å². The maximum Gasteiger partial charge on any atom is 0.469 e. The van der Waals surface area contributed by atoms with Gasteiger partial charge in [0.1, 0.15) is 6.61 Å². The van der Waals surface area contributed by atoms with Gasteiger partial charge in [-0.15, -0.1) is 0 Å². The molecule has 58 heavy (non-hydrogen) atoms. The fraction of sp³-hybridized carbons (Fsp3) is 0.787. The van der Waals surface area contributed by atoms with Gasteiger partial charge in [0, 0.05) is 12.8 Å². The zero-order valence-electron chi connectivity index (χ0n) is 36.8. The van der Waals surface area contributed by atoms with Crippen molar-refractivity contribution >= 4 is 19.8 Å². The lowest BCUT2D eigenvalue weighted by Gasteiger charge is -2.19. The average molecular weight is 841 g/mol. The number of hydrogen-bond donors (Lipinski definition) is 4. The molecule has 10 nitrogen and oxygen atoms in total. The summed E-state index contributed by atoms with van der Waals surface area (Å²) in [7, 11) is -4.84. The van der Waals surface area contributed by atoms with E-state index in [9.17, 15) is 24.4 Å². The normalized spacial score (nSPS) is 14.1. The van der Waals surface area contributed by atoms with Crippen molar-refractivity contribution in [2.45, 2.75) is 219 Å². The van der Waals surface area contributed by atoms with Crippen molar-refractivity contribution in [1.29, 1.82) is 0 Å². The number of carbonyl (C=O) groups excluding carboxylic acids is 2. The molecule has 0 aliphatic heterocycles. The number of carbonyl (C=O) groups is 2. The molecule has 0 saturated heterocycles. The van der Waals surface area contributed by atoms with Gasteiger partial charge in [0.25, 0.3) is 0 Å². The molecule has 338 valence electrons. The number of hydrogen-bond acceptors (Lipinski definition) is 8.